The predicted octanol–water partition coefficient (Wildman–Crippen LogP) is 0.989. The molecule has 1 fully saturated rings. The maximum absolute atomic E-state index is 11.2. The molecule has 0 aromatic rings. The molecule has 3 nitrogen and oxygen atoms in total. The van der Waals surface area contributed by atoms with E-state index in [9.17, 15) is 9.90 Å². The lowest BCUT2D eigenvalue weighted by Crippen LogP contribution is -2.46. The van der Waals surface area contributed by atoms with E-state index in [1.54, 1.807) is 4.90 Å². The van der Waals surface area contributed by atoms with Crippen molar-refractivity contribution in [3.8, 4) is 0 Å². The average molecular weight is 206 g/mol. The minimum Gasteiger partial charge on any atom is -0.390 e. The standard InChI is InChI=1S/C9H16ClNO2/c1-2-9(13)3-5-11(6-4-9)8(12)7-10/h13H,2-7H2,1H3. The Morgan fingerprint density at radius 1 is 1.54 bits per heavy atom. The van der Waals surface area contributed by atoms with Crippen molar-refractivity contribution in [1.29, 1.82) is 0 Å². The molecule has 1 aliphatic heterocycles. The highest BCUT2D eigenvalue weighted by Crippen LogP contribution is 2.25. The number of amides is 1. The Kier molecular flexibility index (Phi) is 3.56. The molecule has 13 heavy (non-hydrogen) atoms. The van der Waals surface area contributed by atoms with Gasteiger partial charge >= 0.3 is 0 Å². The molecule has 0 unspecified atom stereocenters. The van der Waals surface area contributed by atoms with Crippen LogP contribution in [0.5, 0.6) is 0 Å². The first-order valence-electron chi connectivity index (χ1n) is 4.67. The molecule has 76 valence electrons. The maximum Gasteiger partial charge on any atom is 0.237 e. The van der Waals surface area contributed by atoms with Gasteiger partial charge in [-0.1, -0.05) is 6.92 Å². The van der Waals surface area contributed by atoms with E-state index in [0.29, 0.717) is 25.9 Å². The molecule has 1 amide bonds. The SMILES string of the molecule is CCC1(O)CCN(C(=O)CCl)CC1. The molecule has 0 aromatic heterocycles. The zero-order valence-corrected chi connectivity index (χ0v) is 8.68. The Labute approximate surface area is 83.7 Å². The molecule has 0 radical (unpaired) electrons. The lowest BCUT2D eigenvalue weighted by molar-refractivity contribution is -0.132. The monoisotopic (exact) mass is 205 g/mol. The lowest BCUT2D eigenvalue weighted by atomic mass is 9.89. The highest BCUT2D eigenvalue weighted by atomic mass is 35.5. The van der Waals surface area contributed by atoms with Crippen LogP contribution in [-0.2, 0) is 4.79 Å². The third-order valence-electron chi connectivity index (χ3n) is 2.82. The number of alkyl halides is 1. The number of hydrogen-bond acceptors (Lipinski definition) is 2. The summed E-state index contributed by atoms with van der Waals surface area (Å²) in [5.41, 5.74) is -0.552. The highest BCUT2D eigenvalue weighted by Gasteiger charge is 2.31. The molecule has 1 saturated heterocycles. The highest BCUT2D eigenvalue weighted by molar-refractivity contribution is 6.27. The quantitative estimate of drug-likeness (QED) is 0.683. The Bertz CT molecular complexity index is 188. The van der Waals surface area contributed by atoms with E-state index in [2.05, 4.69) is 0 Å². The van der Waals surface area contributed by atoms with Gasteiger partial charge in [-0.15, -0.1) is 11.6 Å². The Morgan fingerprint density at radius 2 is 2.08 bits per heavy atom. The molecule has 0 spiro atoms. The van der Waals surface area contributed by atoms with Gasteiger partial charge in [0.2, 0.25) is 5.91 Å². The number of piperidine rings is 1. The third kappa shape index (κ3) is 2.58. The van der Waals surface area contributed by atoms with E-state index in [1.807, 2.05) is 6.92 Å². The number of nitrogens with zero attached hydrogens (tertiary/aromatic N) is 1. The van der Waals surface area contributed by atoms with E-state index in [-0.39, 0.29) is 11.8 Å². The first-order valence-corrected chi connectivity index (χ1v) is 5.21. The summed E-state index contributed by atoms with van der Waals surface area (Å²) in [6.45, 7) is 3.24. The molecule has 1 N–H and O–H groups in total. The van der Waals surface area contributed by atoms with Gasteiger partial charge in [0, 0.05) is 13.1 Å². The van der Waals surface area contributed by atoms with Crippen LogP contribution >= 0.6 is 11.6 Å². The maximum atomic E-state index is 11.2. The predicted molar refractivity (Wildman–Crippen MR) is 51.8 cm³/mol. The van der Waals surface area contributed by atoms with Crippen molar-refractivity contribution in [3.05, 3.63) is 0 Å². The number of hydrogen-bond donors (Lipinski definition) is 1. The Morgan fingerprint density at radius 3 is 2.46 bits per heavy atom. The topological polar surface area (TPSA) is 40.5 Å². The van der Waals surface area contributed by atoms with Crippen LogP contribution in [0.25, 0.3) is 0 Å². The molecule has 0 bridgehead atoms. The van der Waals surface area contributed by atoms with Crippen LogP contribution in [0.4, 0.5) is 0 Å². The molecule has 1 aliphatic rings. The normalized spacial score (nSPS) is 21.6. The molecular weight excluding hydrogens is 190 g/mol. The number of likely N-dealkylation sites (tertiary alicyclic amines) is 1. The van der Waals surface area contributed by atoms with Crippen molar-refractivity contribution in [2.45, 2.75) is 31.8 Å². The van der Waals surface area contributed by atoms with Gasteiger partial charge in [-0.05, 0) is 19.3 Å². The zero-order valence-electron chi connectivity index (χ0n) is 7.92. The first kappa shape index (κ1) is 10.8. The number of carbonyl (C=O) groups excluding carboxylic acids is 1. The second-order valence-corrected chi connectivity index (χ2v) is 3.86. The van der Waals surface area contributed by atoms with E-state index < -0.39 is 5.60 Å². The fourth-order valence-corrected chi connectivity index (χ4v) is 1.78. The van der Waals surface area contributed by atoms with Crippen LogP contribution in [0.15, 0.2) is 0 Å². The summed E-state index contributed by atoms with van der Waals surface area (Å²) in [7, 11) is 0. The zero-order chi connectivity index (χ0) is 9.90. The van der Waals surface area contributed by atoms with Crippen molar-refractivity contribution in [2.24, 2.45) is 0 Å². The van der Waals surface area contributed by atoms with Crippen molar-refractivity contribution >= 4 is 17.5 Å². The molecule has 4 heteroatoms. The van der Waals surface area contributed by atoms with Gasteiger partial charge in [-0.3, -0.25) is 4.79 Å². The van der Waals surface area contributed by atoms with E-state index in [0.717, 1.165) is 6.42 Å². The van der Waals surface area contributed by atoms with Gasteiger partial charge in [-0.2, -0.15) is 0 Å². The van der Waals surface area contributed by atoms with Gasteiger partial charge in [0.1, 0.15) is 5.88 Å². The van der Waals surface area contributed by atoms with E-state index in [1.165, 1.54) is 0 Å². The largest absolute Gasteiger partial charge is 0.390 e. The smallest absolute Gasteiger partial charge is 0.237 e. The first-order chi connectivity index (χ1) is 6.11. The number of aliphatic hydroxyl groups is 1. The van der Waals surface area contributed by atoms with Crippen molar-refractivity contribution in [1.82, 2.24) is 4.90 Å². The Hall–Kier alpha value is -0.280. The molecule has 1 heterocycles. The molecule has 0 aliphatic carbocycles. The van der Waals surface area contributed by atoms with E-state index >= 15 is 0 Å². The minimum absolute atomic E-state index is 0.0279. The summed E-state index contributed by atoms with van der Waals surface area (Å²) in [6.07, 6.45) is 2.11. The van der Waals surface area contributed by atoms with Gasteiger partial charge in [0.25, 0.3) is 0 Å². The molecule has 0 aromatic carbocycles. The van der Waals surface area contributed by atoms with Gasteiger partial charge in [0.05, 0.1) is 5.60 Å². The van der Waals surface area contributed by atoms with Gasteiger partial charge in [0.15, 0.2) is 0 Å². The summed E-state index contributed by atoms with van der Waals surface area (Å²) in [5, 5.41) is 9.88. The van der Waals surface area contributed by atoms with Crippen molar-refractivity contribution < 1.29 is 9.90 Å². The average Bonchev–Trinajstić information content (AvgIpc) is 2.18. The van der Waals surface area contributed by atoms with Gasteiger partial charge in [-0.25, -0.2) is 0 Å². The summed E-state index contributed by atoms with van der Waals surface area (Å²) < 4.78 is 0. The van der Waals surface area contributed by atoms with Crippen LogP contribution in [0, 0.1) is 0 Å². The summed E-state index contributed by atoms with van der Waals surface area (Å²) in [4.78, 5) is 12.9. The third-order valence-corrected chi connectivity index (χ3v) is 3.05. The second kappa shape index (κ2) is 4.29. The number of halogens is 1. The molecule has 0 saturated carbocycles. The number of carbonyl (C=O) groups is 1. The fourth-order valence-electron chi connectivity index (χ4n) is 1.61. The number of rotatable bonds is 2. The summed E-state index contributed by atoms with van der Waals surface area (Å²) in [5.74, 6) is 0.0182. The van der Waals surface area contributed by atoms with Gasteiger partial charge < -0.3 is 10.0 Å². The summed E-state index contributed by atoms with van der Waals surface area (Å²) >= 11 is 5.44. The Balaban J connectivity index is 2.43. The van der Waals surface area contributed by atoms with Crippen molar-refractivity contribution in [3.63, 3.8) is 0 Å². The fraction of sp³-hybridized carbons (Fsp3) is 0.889. The molecule has 0 atom stereocenters. The van der Waals surface area contributed by atoms with Crippen LogP contribution in [0.2, 0.25) is 0 Å². The minimum atomic E-state index is -0.552. The van der Waals surface area contributed by atoms with Crippen LogP contribution < -0.4 is 0 Å². The van der Waals surface area contributed by atoms with Crippen LogP contribution in [0.3, 0.4) is 0 Å². The molecule has 1 rings (SSSR count). The van der Waals surface area contributed by atoms with Crippen molar-refractivity contribution in [2.75, 3.05) is 19.0 Å². The molecular formula is C9H16ClNO2. The second-order valence-electron chi connectivity index (χ2n) is 3.59. The van der Waals surface area contributed by atoms with E-state index in [4.69, 9.17) is 11.6 Å². The summed E-state index contributed by atoms with van der Waals surface area (Å²) in [6, 6.07) is 0. The van der Waals surface area contributed by atoms with Crippen LogP contribution in [0.1, 0.15) is 26.2 Å². The lowest BCUT2D eigenvalue weighted by Gasteiger charge is -2.37. The van der Waals surface area contributed by atoms with Crippen LogP contribution in [-0.4, -0.2) is 40.5 Å².